The second-order valence-electron chi connectivity index (χ2n) is 2.12. The topological polar surface area (TPSA) is 24.4 Å². The van der Waals surface area contributed by atoms with Crippen molar-refractivity contribution in [3.8, 4) is 0 Å². The van der Waals surface area contributed by atoms with Gasteiger partial charge in [-0.25, -0.2) is 0 Å². The van der Waals surface area contributed by atoms with Gasteiger partial charge < -0.3 is 5.32 Å². The molecule has 0 unspecified atom stereocenters. The maximum Gasteiger partial charge on any atom is 0.0876 e. The van der Waals surface area contributed by atoms with E-state index >= 15 is 0 Å². The Hall–Kier alpha value is -1.31. The zero-order valence-corrected chi connectivity index (χ0v) is 7.15. The standard InChI is InChI=1S/C9H14N2/c1-6-7(2)9(11-5)8(3)10-4/h6,10H,1,3,5H2,2,4H3/b9-7-. The number of likely N-dealkylation sites (N-methyl/N-ethyl adjacent to an activating group) is 1. The van der Waals surface area contributed by atoms with Crippen LogP contribution in [0.4, 0.5) is 0 Å². The highest BCUT2D eigenvalue weighted by Crippen LogP contribution is 2.11. The van der Waals surface area contributed by atoms with Gasteiger partial charge >= 0.3 is 0 Å². The fraction of sp³-hybridized carbons (Fsp3) is 0.222. The van der Waals surface area contributed by atoms with Crippen molar-refractivity contribution in [3.63, 3.8) is 0 Å². The summed E-state index contributed by atoms with van der Waals surface area (Å²) in [4.78, 5) is 3.83. The van der Waals surface area contributed by atoms with E-state index < -0.39 is 0 Å². The molecule has 0 aliphatic heterocycles. The molecule has 0 heterocycles. The van der Waals surface area contributed by atoms with Crippen LogP contribution in [0.5, 0.6) is 0 Å². The average Bonchev–Trinajstić information content (AvgIpc) is 2.05. The first-order valence-electron chi connectivity index (χ1n) is 3.34. The molecule has 60 valence electrons. The third kappa shape index (κ3) is 2.42. The summed E-state index contributed by atoms with van der Waals surface area (Å²) in [6.07, 6.45) is 1.73. The largest absolute Gasteiger partial charge is 0.387 e. The number of allylic oxidation sites excluding steroid dienone is 2. The van der Waals surface area contributed by atoms with Crippen LogP contribution < -0.4 is 5.32 Å². The van der Waals surface area contributed by atoms with Gasteiger partial charge in [-0.2, -0.15) is 0 Å². The maximum atomic E-state index is 3.83. The van der Waals surface area contributed by atoms with Crippen LogP contribution in [0.15, 0.2) is 41.2 Å². The van der Waals surface area contributed by atoms with E-state index in [1.54, 1.807) is 13.1 Å². The molecule has 0 saturated carbocycles. The average molecular weight is 150 g/mol. The molecule has 2 heteroatoms. The van der Waals surface area contributed by atoms with E-state index in [0.29, 0.717) is 0 Å². The Labute approximate surface area is 68.0 Å². The SMILES string of the molecule is C=C/C(C)=C(\N=C)C(=C)NC. The third-order valence-electron chi connectivity index (χ3n) is 1.43. The van der Waals surface area contributed by atoms with Gasteiger partial charge in [0.1, 0.15) is 0 Å². The lowest BCUT2D eigenvalue weighted by Gasteiger charge is -2.06. The van der Waals surface area contributed by atoms with E-state index in [-0.39, 0.29) is 0 Å². The molecule has 0 spiro atoms. The highest BCUT2D eigenvalue weighted by Gasteiger charge is 1.99. The molecule has 0 radical (unpaired) electrons. The lowest BCUT2D eigenvalue weighted by Crippen LogP contribution is -2.06. The first kappa shape index (κ1) is 9.69. The second-order valence-corrected chi connectivity index (χ2v) is 2.12. The number of aliphatic imine (C=N–C) groups is 1. The van der Waals surface area contributed by atoms with Gasteiger partial charge in [-0.05, 0) is 19.2 Å². The number of rotatable bonds is 4. The molecule has 0 amide bonds. The minimum absolute atomic E-state index is 0.761. The smallest absolute Gasteiger partial charge is 0.0876 e. The molecule has 1 N–H and O–H groups in total. The van der Waals surface area contributed by atoms with Crippen LogP contribution in [0, 0.1) is 0 Å². The summed E-state index contributed by atoms with van der Waals surface area (Å²) in [5.74, 6) is 0. The molecule has 2 nitrogen and oxygen atoms in total. The number of hydrogen-bond donors (Lipinski definition) is 1. The van der Waals surface area contributed by atoms with Crippen LogP contribution >= 0.6 is 0 Å². The van der Waals surface area contributed by atoms with Crippen LogP contribution in [0.3, 0.4) is 0 Å². The van der Waals surface area contributed by atoms with Gasteiger partial charge in [0.2, 0.25) is 0 Å². The van der Waals surface area contributed by atoms with Gasteiger partial charge in [0.25, 0.3) is 0 Å². The lowest BCUT2D eigenvalue weighted by molar-refractivity contribution is 0.990. The highest BCUT2D eigenvalue weighted by molar-refractivity contribution is 5.41. The fourth-order valence-corrected chi connectivity index (χ4v) is 0.673. The Morgan fingerprint density at radius 3 is 2.36 bits per heavy atom. The molecule has 11 heavy (non-hydrogen) atoms. The molecular formula is C9H14N2. The summed E-state index contributed by atoms with van der Waals surface area (Å²) in [6.45, 7) is 12.8. The molecule has 0 saturated heterocycles. The van der Waals surface area contributed by atoms with E-state index in [2.05, 4.69) is 30.2 Å². The first-order chi connectivity index (χ1) is 5.17. The molecule has 0 fully saturated rings. The van der Waals surface area contributed by atoms with Crippen molar-refractivity contribution in [1.82, 2.24) is 5.32 Å². The van der Waals surface area contributed by atoms with Crippen molar-refractivity contribution < 1.29 is 0 Å². The van der Waals surface area contributed by atoms with Crippen LogP contribution in [0.1, 0.15) is 6.92 Å². The van der Waals surface area contributed by atoms with Crippen LogP contribution in [0.2, 0.25) is 0 Å². The maximum absolute atomic E-state index is 3.83. The summed E-state index contributed by atoms with van der Waals surface area (Å²) in [7, 11) is 1.80. The summed E-state index contributed by atoms with van der Waals surface area (Å²) >= 11 is 0. The Kier molecular flexibility index (Phi) is 3.96. The van der Waals surface area contributed by atoms with Crippen molar-refractivity contribution in [2.75, 3.05) is 7.05 Å². The molecule has 0 aromatic heterocycles. The van der Waals surface area contributed by atoms with Crippen LogP contribution in [-0.2, 0) is 0 Å². The molecule has 0 aliphatic rings. The minimum Gasteiger partial charge on any atom is -0.387 e. The van der Waals surface area contributed by atoms with Crippen molar-refractivity contribution in [3.05, 3.63) is 36.2 Å². The van der Waals surface area contributed by atoms with Crippen molar-refractivity contribution in [1.29, 1.82) is 0 Å². The van der Waals surface area contributed by atoms with Gasteiger partial charge in [-0.15, -0.1) is 0 Å². The van der Waals surface area contributed by atoms with Crippen molar-refractivity contribution in [2.45, 2.75) is 6.92 Å². The predicted molar refractivity (Wildman–Crippen MR) is 50.6 cm³/mol. The highest BCUT2D eigenvalue weighted by atomic mass is 14.9. The Morgan fingerprint density at radius 2 is 2.09 bits per heavy atom. The van der Waals surface area contributed by atoms with E-state index in [1.165, 1.54) is 0 Å². The molecular weight excluding hydrogens is 136 g/mol. The number of nitrogens with zero attached hydrogens (tertiary/aromatic N) is 1. The normalized spacial score (nSPS) is 11.5. The Balaban J connectivity index is 4.78. The van der Waals surface area contributed by atoms with Gasteiger partial charge in [0.15, 0.2) is 0 Å². The van der Waals surface area contributed by atoms with Gasteiger partial charge in [-0.1, -0.05) is 19.2 Å². The van der Waals surface area contributed by atoms with Crippen molar-refractivity contribution in [2.24, 2.45) is 4.99 Å². The van der Waals surface area contributed by atoms with Crippen LogP contribution in [-0.4, -0.2) is 13.8 Å². The molecule has 0 atom stereocenters. The Bertz CT molecular complexity index is 212. The summed E-state index contributed by atoms with van der Waals surface area (Å²) in [5.41, 5.74) is 2.50. The minimum atomic E-state index is 0.761. The van der Waals surface area contributed by atoms with E-state index in [1.807, 2.05) is 6.92 Å². The van der Waals surface area contributed by atoms with Gasteiger partial charge in [0, 0.05) is 7.05 Å². The molecule has 0 aliphatic carbocycles. The molecule has 0 aromatic rings. The Morgan fingerprint density at radius 1 is 1.55 bits per heavy atom. The van der Waals surface area contributed by atoms with E-state index in [9.17, 15) is 0 Å². The lowest BCUT2D eigenvalue weighted by atomic mass is 10.2. The second kappa shape index (κ2) is 4.50. The summed E-state index contributed by atoms with van der Waals surface area (Å²) in [5, 5.41) is 2.90. The zero-order chi connectivity index (χ0) is 8.85. The molecule has 0 bridgehead atoms. The van der Waals surface area contributed by atoms with Crippen LogP contribution in [0.25, 0.3) is 0 Å². The predicted octanol–water partition coefficient (Wildman–Crippen LogP) is 1.88. The summed E-state index contributed by atoms with van der Waals surface area (Å²) in [6, 6.07) is 0. The molecule has 0 aromatic carbocycles. The summed E-state index contributed by atoms with van der Waals surface area (Å²) < 4.78 is 0. The first-order valence-corrected chi connectivity index (χ1v) is 3.34. The zero-order valence-electron chi connectivity index (χ0n) is 7.15. The van der Waals surface area contributed by atoms with E-state index in [0.717, 1.165) is 17.0 Å². The van der Waals surface area contributed by atoms with E-state index in [4.69, 9.17) is 0 Å². The fourth-order valence-electron chi connectivity index (χ4n) is 0.673. The molecule has 0 rings (SSSR count). The third-order valence-corrected chi connectivity index (χ3v) is 1.43. The van der Waals surface area contributed by atoms with Gasteiger partial charge in [-0.3, -0.25) is 4.99 Å². The van der Waals surface area contributed by atoms with Gasteiger partial charge in [0.05, 0.1) is 11.4 Å². The van der Waals surface area contributed by atoms with Crippen molar-refractivity contribution >= 4 is 6.72 Å². The number of hydrogen-bond acceptors (Lipinski definition) is 2. The monoisotopic (exact) mass is 150 g/mol. The quantitative estimate of drug-likeness (QED) is 0.480. The number of nitrogens with one attached hydrogen (secondary N) is 1.